The smallest absolute Gasteiger partial charge is 0.292 e. The van der Waals surface area contributed by atoms with E-state index in [1.807, 2.05) is 0 Å². The molecule has 0 radical (unpaired) electrons. The predicted octanol–water partition coefficient (Wildman–Crippen LogP) is 3.90. The lowest BCUT2D eigenvalue weighted by Gasteiger charge is -2.18. The van der Waals surface area contributed by atoms with Gasteiger partial charge in [-0.2, -0.15) is 22.0 Å². The fourth-order valence-electron chi connectivity index (χ4n) is 1.12. The van der Waals surface area contributed by atoms with Crippen LogP contribution in [-0.2, 0) is 11.2 Å². The van der Waals surface area contributed by atoms with Crippen LogP contribution in [0.3, 0.4) is 0 Å². The second-order valence-electron chi connectivity index (χ2n) is 3.41. The van der Waals surface area contributed by atoms with Crippen LogP contribution in [0.15, 0.2) is 22.7 Å². The van der Waals surface area contributed by atoms with Gasteiger partial charge in [-0.1, -0.05) is 15.9 Å². The standard InChI is InChI=1S/C10H5BrF6O/c11-7-2-1-6(12)3-5(7)4-8(18)9(13,14)10(15,16)17/h1-3H,4H2. The zero-order chi connectivity index (χ0) is 14.1. The van der Waals surface area contributed by atoms with Crippen LogP contribution < -0.4 is 0 Å². The lowest BCUT2D eigenvalue weighted by Crippen LogP contribution is -2.44. The number of carbonyl (C=O) groups is 1. The summed E-state index contributed by atoms with van der Waals surface area (Å²) in [6, 6.07) is 2.80. The van der Waals surface area contributed by atoms with Gasteiger partial charge in [-0.15, -0.1) is 0 Å². The van der Waals surface area contributed by atoms with Gasteiger partial charge in [0.25, 0.3) is 0 Å². The molecule has 0 fully saturated rings. The van der Waals surface area contributed by atoms with Gasteiger partial charge in [-0.05, 0) is 23.8 Å². The van der Waals surface area contributed by atoms with Crippen molar-refractivity contribution >= 4 is 21.7 Å². The van der Waals surface area contributed by atoms with Crippen LogP contribution in [0.4, 0.5) is 26.3 Å². The fraction of sp³-hybridized carbons (Fsp3) is 0.300. The highest BCUT2D eigenvalue weighted by molar-refractivity contribution is 9.10. The number of hydrogen-bond acceptors (Lipinski definition) is 1. The van der Waals surface area contributed by atoms with Crippen molar-refractivity contribution < 1.29 is 31.1 Å². The molecule has 0 aliphatic carbocycles. The average molecular weight is 335 g/mol. The Morgan fingerprint density at radius 1 is 1.17 bits per heavy atom. The maximum atomic E-state index is 12.8. The molecule has 0 heterocycles. The van der Waals surface area contributed by atoms with E-state index in [-0.39, 0.29) is 10.0 Å². The predicted molar refractivity (Wildman–Crippen MR) is 53.8 cm³/mol. The molecule has 0 aromatic heterocycles. The Morgan fingerprint density at radius 3 is 2.22 bits per heavy atom. The third-order valence-electron chi connectivity index (χ3n) is 2.06. The molecule has 0 spiro atoms. The Kier molecular flexibility index (Phi) is 4.09. The molecule has 0 saturated carbocycles. The number of rotatable bonds is 3. The minimum Gasteiger partial charge on any atom is -0.292 e. The fourth-order valence-corrected chi connectivity index (χ4v) is 1.51. The van der Waals surface area contributed by atoms with Gasteiger partial charge < -0.3 is 0 Å². The van der Waals surface area contributed by atoms with E-state index in [0.717, 1.165) is 12.1 Å². The maximum absolute atomic E-state index is 12.8. The highest BCUT2D eigenvalue weighted by atomic mass is 79.9. The molecule has 0 bridgehead atoms. The minimum absolute atomic E-state index is 0.0789. The van der Waals surface area contributed by atoms with E-state index in [9.17, 15) is 31.1 Å². The lowest BCUT2D eigenvalue weighted by atomic mass is 10.0. The molecule has 0 atom stereocenters. The van der Waals surface area contributed by atoms with E-state index in [1.54, 1.807) is 0 Å². The first-order chi connectivity index (χ1) is 8.05. The summed E-state index contributed by atoms with van der Waals surface area (Å²) in [7, 11) is 0. The SMILES string of the molecule is O=C(Cc1cc(F)ccc1Br)C(F)(F)C(F)(F)F. The molecular formula is C10H5BrF6O. The first kappa shape index (κ1) is 15.0. The van der Waals surface area contributed by atoms with E-state index in [4.69, 9.17) is 0 Å². The molecule has 1 rings (SSSR count). The van der Waals surface area contributed by atoms with Crippen LogP contribution in [0.5, 0.6) is 0 Å². The maximum Gasteiger partial charge on any atom is 0.461 e. The van der Waals surface area contributed by atoms with Crippen LogP contribution in [0.2, 0.25) is 0 Å². The van der Waals surface area contributed by atoms with Crippen LogP contribution in [-0.4, -0.2) is 17.9 Å². The molecule has 100 valence electrons. The van der Waals surface area contributed by atoms with Gasteiger partial charge >= 0.3 is 12.1 Å². The third-order valence-corrected chi connectivity index (χ3v) is 2.84. The minimum atomic E-state index is -5.95. The summed E-state index contributed by atoms with van der Waals surface area (Å²) in [6.45, 7) is 0. The average Bonchev–Trinajstić information content (AvgIpc) is 2.21. The van der Waals surface area contributed by atoms with Crippen molar-refractivity contribution in [3.8, 4) is 0 Å². The second-order valence-corrected chi connectivity index (χ2v) is 4.26. The van der Waals surface area contributed by atoms with Crippen LogP contribution in [0.25, 0.3) is 0 Å². The number of alkyl halides is 5. The Hall–Kier alpha value is -1.05. The zero-order valence-electron chi connectivity index (χ0n) is 8.49. The molecule has 0 aliphatic heterocycles. The van der Waals surface area contributed by atoms with Crippen LogP contribution in [0, 0.1) is 5.82 Å². The summed E-state index contributed by atoms with van der Waals surface area (Å²) >= 11 is 2.83. The first-order valence-electron chi connectivity index (χ1n) is 4.47. The molecule has 18 heavy (non-hydrogen) atoms. The Bertz CT molecular complexity index is 468. The van der Waals surface area contributed by atoms with Gasteiger partial charge in [0.05, 0.1) is 0 Å². The summed E-state index contributed by atoms with van der Waals surface area (Å²) in [5.41, 5.74) is -0.274. The number of ketones is 1. The van der Waals surface area contributed by atoms with Crippen molar-refractivity contribution in [2.75, 3.05) is 0 Å². The molecule has 0 saturated heterocycles. The number of halogens is 7. The van der Waals surface area contributed by atoms with Crippen molar-refractivity contribution in [2.45, 2.75) is 18.5 Å². The summed E-state index contributed by atoms with van der Waals surface area (Å²) in [5.74, 6) is -8.61. The summed E-state index contributed by atoms with van der Waals surface area (Å²) in [4.78, 5) is 10.9. The quantitative estimate of drug-likeness (QED) is 0.766. The summed E-state index contributed by atoms with van der Waals surface area (Å²) < 4.78 is 73.9. The van der Waals surface area contributed by atoms with Gasteiger partial charge in [-0.3, -0.25) is 4.79 Å². The molecule has 8 heteroatoms. The van der Waals surface area contributed by atoms with Gasteiger partial charge in [0.15, 0.2) is 0 Å². The Balaban J connectivity index is 2.98. The number of hydrogen-bond donors (Lipinski definition) is 0. The van der Waals surface area contributed by atoms with Gasteiger partial charge in [0.1, 0.15) is 5.82 Å². The lowest BCUT2D eigenvalue weighted by molar-refractivity contribution is -0.268. The van der Waals surface area contributed by atoms with Crippen molar-refractivity contribution in [3.05, 3.63) is 34.1 Å². The monoisotopic (exact) mass is 334 g/mol. The van der Waals surface area contributed by atoms with Gasteiger partial charge in [-0.25, -0.2) is 4.39 Å². The number of Topliss-reactive ketones (excluding diaryl/α,β-unsaturated/α-hetero) is 1. The highest BCUT2D eigenvalue weighted by Crippen LogP contribution is 2.37. The normalized spacial score (nSPS) is 12.6. The zero-order valence-corrected chi connectivity index (χ0v) is 10.1. The molecule has 1 nitrogen and oxygen atoms in total. The van der Waals surface area contributed by atoms with E-state index in [0.29, 0.717) is 6.07 Å². The van der Waals surface area contributed by atoms with Crippen LogP contribution in [0.1, 0.15) is 5.56 Å². The van der Waals surface area contributed by atoms with E-state index < -0.39 is 30.1 Å². The summed E-state index contributed by atoms with van der Waals surface area (Å²) in [5, 5.41) is 0. The molecule has 0 aliphatic rings. The molecule has 0 unspecified atom stereocenters. The first-order valence-corrected chi connectivity index (χ1v) is 5.27. The van der Waals surface area contributed by atoms with Crippen LogP contribution >= 0.6 is 15.9 Å². The highest BCUT2D eigenvalue weighted by Gasteiger charge is 2.62. The molecule has 1 aromatic rings. The van der Waals surface area contributed by atoms with Crippen molar-refractivity contribution in [1.82, 2.24) is 0 Å². The van der Waals surface area contributed by atoms with E-state index in [1.165, 1.54) is 0 Å². The van der Waals surface area contributed by atoms with Gasteiger partial charge in [0.2, 0.25) is 5.78 Å². The molecule has 1 aromatic carbocycles. The molecule has 0 amide bonds. The molecular weight excluding hydrogens is 330 g/mol. The van der Waals surface area contributed by atoms with Crippen molar-refractivity contribution in [2.24, 2.45) is 0 Å². The summed E-state index contributed by atoms with van der Waals surface area (Å²) in [6.07, 6.45) is -7.17. The van der Waals surface area contributed by atoms with E-state index in [2.05, 4.69) is 15.9 Å². The number of carbonyl (C=O) groups excluding carboxylic acids is 1. The Morgan fingerprint density at radius 2 is 1.72 bits per heavy atom. The third kappa shape index (κ3) is 3.04. The molecule has 0 N–H and O–H groups in total. The van der Waals surface area contributed by atoms with Gasteiger partial charge in [0, 0.05) is 10.9 Å². The number of benzene rings is 1. The van der Waals surface area contributed by atoms with Crippen molar-refractivity contribution in [3.63, 3.8) is 0 Å². The van der Waals surface area contributed by atoms with Crippen molar-refractivity contribution in [1.29, 1.82) is 0 Å². The second kappa shape index (κ2) is 4.91. The Labute approximate surface area is 106 Å². The largest absolute Gasteiger partial charge is 0.461 e. The topological polar surface area (TPSA) is 17.1 Å². The van der Waals surface area contributed by atoms with E-state index >= 15 is 0 Å².